The molecule has 1 amide bonds. The summed E-state index contributed by atoms with van der Waals surface area (Å²) in [5, 5.41) is 5.77. The van der Waals surface area contributed by atoms with Crippen LogP contribution in [0, 0.1) is 0 Å². The number of unbranched alkanes of at least 4 members (excludes halogenated alkanes) is 1. The standard InChI is InChI=1S/C9H20N2O2/c1-10-7-5-9(12)11-6-3-4-8-13-2/h10H,3-8H2,1-2H3,(H,11,12). The van der Waals surface area contributed by atoms with Crippen molar-refractivity contribution < 1.29 is 9.53 Å². The molecule has 0 aromatic heterocycles. The van der Waals surface area contributed by atoms with Gasteiger partial charge in [-0.2, -0.15) is 0 Å². The minimum atomic E-state index is 0.117. The Bertz CT molecular complexity index is 129. The van der Waals surface area contributed by atoms with E-state index in [1.165, 1.54) is 0 Å². The lowest BCUT2D eigenvalue weighted by atomic mass is 10.3. The summed E-state index contributed by atoms with van der Waals surface area (Å²) in [7, 11) is 3.53. The molecule has 0 radical (unpaired) electrons. The zero-order valence-corrected chi connectivity index (χ0v) is 8.56. The smallest absolute Gasteiger partial charge is 0.221 e. The molecule has 0 aliphatic carbocycles. The predicted octanol–water partition coefficient (Wildman–Crippen LogP) is 0.139. The highest BCUT2D eigenvalue weighted by Crippen LogP contribution is 1.87. The molecule has 0 aliphatic heterocycles. The average Bonchev–Trinajstić information content (AvgIpc) is 2.14. The maximum absolute atomic E-state index is 11.1. The lowest BCUT2D eigenvalue weighted by molar-refractivity contribution is -0.121. The molecule has 0 saturated carbocycles. The van der Waals surface area contributed by atoms with Crippen LogP contribution in [0.2, 0.25) is 0 Å². The zero-order chi connectivity index (χ0) is 9.94. The Hall–Kier alpha value is -0.610. The van der Waals surface area contributed by atoms with E-state index in [9.17, 15) is 4.79 Å². The van der Waals surface area contributed by atoms with E-state index in [1.54, 1.807) is 7.11 Å². The Morgan fingerprint density at radius 1 is 1.31 bits per heavy atom. The molecule has 13 heavy (non-hydrogen) atoms. The summed E-state index contributed by atoms with van der Waals surface area (Å²) in [5.41, 5.74) is 0. The van der Waals surface area contributed by atoms with Gasteiger partial charge in [0.05, 0.1) is 0 Å². The molecule has 78 valence electrons. The molecule has 0 heterocycles. The van der Waals surface area contributed by atoms with Crippen molar-refractivity contribution in [3.8, 4) is 0 Å². The fraction of sp³-hybridized carbons (Fsp3) is 0.889. The van der Waals surface area contributed by atoms with E-state index in [-0.39, 0.29) is 5.91 Å². The van der Waals surface area contributed by atoms with Crippen molar-refractivity contribution in [1.82, 2.24) is 10.6 Å². The van der Waals surface area contributed by atoms with Crippen molar-refractivity contribution in [3.63, 3.8) is 0 Å². The van der Waals surface area contributed by atoms with Crippen LogP contribution in [0.5, 0.6) is 0 Å². The number of amides is 1. The van der Waals surface area contributed by atoms with Crippen LogP contribution in [0.25, 0.3) is 0 Å². The maximum atomic E-state index is 11.1. The average molecular weight is 188 g/mol. The van der Waals surface area contributed by atoms with Crippen LogP contribution in [0.3, 0.4) is 0 Å². The van der Waals surface area contributed by atoms with Gasteiger partial charge in [0, 0.05) is 33.2 Å². The molecular weight excluding hydrogens is 168 g/mol. The van der Waals surface area contributed by atoms with Gasteiger partial charge in [-0.05, 0) is 19.9 Å². The van der Waals surface area contributed by atoms with Crippen LogP contribution in [0.15, 0.2) is 0 Å². The van der Waals surface area contributed by atoms with Gasteiger partial charge in [0.15, 0.2) is 0 Å². The molecule has 4 nitrogen and oxygen atoms in total. The van der Waals surface area contributed by atoms with Gasteiger partial charge in [-0.1, -0.05) is 0 Å². The number of rotatable bonds is 8. The first kappa shape index (κ1) is 12.4. The van der Waals surface area contributed by atoms with Crippen molar-refractivity contribution >= 4 is 5.91 Å². The molecule has 0 bridgehead atoms. The number of hydrogen-bond acceptors (Lipinski definition) is 3. The summed E-state index contributed by atoms with van der Waals surface area (Å²) >= 11 is 0. The summed E-state index contributed by atoms with van der Waals surface area (Å²) in [6.07, 6.45) is 2.54. The summed E-state index contributed by atoms with van der Waals surface area (Å²) in [5.74, 6) is 0.117. The first-order valence-corrected chi connectivity index (χ1v) is 4.71. The van der Waals surface area contributed by atoms with Crippen LogP contribution in [0.1, 0.15) is 19.3 Å². The molecule has 0 aromatic carbocycles. The second kappa shape index (κ2) is 9.48. The number of hydrogen-bond donors (Lipinski definition) is 2. The third-order valence-corrected chi connectivity index (χ3v) is 1.70. The third kappa shape index (κ3) is 9.30. The summed E-state index contributed by atoms with van der Waals surface area (Å²) in [6.45, 7) is 2.27. The summed E-state index contributed by atoms with van der Waals surface area (Å²) in [4.78, 5) is 11.1. The Balaban J connectivity index is 3.08. The molecule has 2 N–H and O–H groups in total. The van der Waals surface area contributed by atoms with E-state index in [0.717, 1.165) is 32.5 Å². The Labute approximate surface area is 80.0 Å². The Kier molecular flexibility index (Phi) is 9.03. The lowest BCUT2D eigenvalue weighted by Crippen LogP contribution is -2.27. The van der Waals surface area contributed by atoms with Gasteiger partial charge in [0.25, 0.3) is 0 Å². The van der Waals surface area contributed by atoms with Crippen molar-refractivity contribution in [1.29, 1.82) is 0 Å². The molecule has 0 spiro atoms. The number of ether oxygens (including phenoxy) is 1. The normalized spacial score (nSPS) is 10.0. The topological polar surface area (TPSA) is 50.4 Å². The second-order valence-corrected chi connectivity index (χ2v) is 2.90. The van der Waals surface area contributed by atoms with Gasteiger partial charge in [-0.15, -0.1) is 0 Å². The Morgan fingerprint density at radius 3 is 2.69 bits per heavy atom. The maximum Gasteiger partial charge on any atom is 0.221 e. The summed E-state index contributed by atoms with van der Waals surface area (Å²) in [6, 6.07) is 0. The zero-order valence-electron chi connectivity index (χ0n) is 8.56. The fourth-order valence-electron chi connectivity index (χ4n) is 0.926. The number of nitrogens with one attached hydrogen (secondary N) is 2. The van der Waals surface area contributed by atoms with Gasteiger partial charge in [-0.3, -0.25) is 4.79 Å². The fourth-order valence-corrected chi connectivity index (χ4v) is 0.926. The van der Waals surface area contributed by atoms with Crippen molar-refractivity contribution in [2.75, 3.05) is 33.9 Å². The highest BCUT2D eigenvalue weighted by atomic mass is 16.5. The van der Waals surface area contributed by atoms with Crippen LogP contribution in [-0.4, -0.2) is 39.8 Å². The van der Waals surface area contributed by atoms with Crippen LogP contribution in [-0.2, 0) is 9.53 Å². The predicted molar refractivity (Wildman–Crippen MR) is 52.7 cm³/mol. The molecule has 0 aliphatic rings. The van der Waals surface area contributed by atoms with Gasteiger partial charge < -0.3 is 15.4 Å². The molecular formula is C9H20N2O2. The second-order valence-electron chi connectivity index (χ2n) is 2.90. The molecule has 0 fully saturated rings. The highest BCUT2D eigenvalue weighted by Gasteiger charge is 1.97. The van der Waals surface area contributed by atoms with Gasteiger partial charge >= 0.3 is 0 Å². The van der Waals surface area contributed by atoms with Gasteiger partial charge in [0.2, 0.25) is 5.91 Å². The molecule has 0 unspecified atom stereocenters. The number of methoxy groups -OCH3 is 1. The van der Waals surface area contributed by atoms with E-state index in [0.29, 0.717) is 6.42 Å². The largest absolute Gasteiger partial charge is 0.385 e. The van der Waals surface area contributed by atoms with E-state index in [2.05, 4.69) is 10.6 Å². The molecule has 4 heteroatoms. The van der Waals surface area contributed by atoms with Crippen LogP contribution < -0.4 is 10.6 Å². The van der Waals surface area contributed by atoms with E-state index in [4.69, 9.17) is 4.74 Å². The third-order valence-electron chi connectivity index (χ3n) is 1.70. The molecule has 0 saturated heterocycles. The SMILES string of the molecule is CNCCC(=O)NCCCCOC. The van der Waals surface area contributed by atoms with E-state index < -0.39 is 0 Å². The molecule has 0 rings (SSSR count). The first-order valence-electron chi connectivity index (χ1n) is 4.71. The van der Waals surface area contributed by atoms with Crippen molar-refractivity contribution in [2.24, 2.45) is 0 Å². The minimum Gasteiger partial charge on any atom is -0.385 e. The minimum absolute atomic E-state index is 0.117. The van der Waals surface area contributed by atoms with E-state index in [1.807, 2.05) is 7.05 Å². The number of carbonyl (C=O) groups is 1. The van der Waals surface area contributed by atoms with Crippen LogP contribution in [0.4, 0.5) is 0 Å². The number of carbonyl (C=O) groups excluding carboxylic acids is 1. The summed E-state index contributed by atoms with van der Waals surface area (Å²) < 4.78 is 4.89. The first-order chi connectivity index (χ1) is 6.31. The highest BCUT2D eigenvalue weighted by molar-refractivity contribution is 5.75. The Morgan fingerprint density at radius 2 is 2.08 bits per heavy atom. The monoisotopic (exact) mass is 188 g/mol. The van der Waals surface area contributed by atoms with Crippen molar-refractivity contribution in [2.45, 2.75) is 19.3 Å². The van der Waals surface area contributed by atoms with E-state index >= 15 is 0 Å². The quantitative estimate of drug-likeness (QED) is 0.533. The van der Waals surface area contributed by atoms with Crippen LogP contribution >= 0.6 is 0 Å². The van der Waals surface area contributed by atoms with Crippen molar-refractivity contribution in [3.05, 3.63) is 0 Å². The lowest BCUT2D eigenvalue weighted by Gasteiger charge is -2.04. The molecule has 0 atom stereocenters. The molecule has 0 aromatic rings. The van der Waals surface area contributed by atoms with Gasteiger partial charge in [-0.25, -0.2) is 0 Å². The van der Waals surface area contributed by atoms with Gasteiger partial charge in [0.1, 0.15) is 0 Å².